The van der Waals surface area contributed by atoms with Gasteiger partial charge in [0, 0.05) is 49.9 Å². The highest BCUT2D eigenvalue weighted by Crippen LogP contribution is 2.50. The van der Waals surface area contributed by atoms with Gasteiger partial charge in [0.25, 0.3) is 11.8 Å². The minimum Gasteiger partial charge on any atom is -0.309 e. The zero-order valence-electron chi connectivity index (χ0n) is 25.2. The van der Waals surface area contributed by atoms with Gasteiger partial charge >= 0.3 is 0 Å². The highest BCUT2D eigenvalue weighted by atomic mass is 32.1. The number of nitrogens with zero attached hydrogens (tertiary/aromatic N) is 3. The van der Waals surface area contributed by atoms with E-state index in [1.54, 1.807) is 69.2 Å². The molecule has 0 bridgehead atoms. The Hall–Kier alpha value is -4.54. The van der Waals surface area contributed by atoms with Crippen LogP contribution in [-0.2, 0) is 9.59 Å². The number of thiophene rings is 4. The van der Waals surface area contributed by atoms with Crippen LogP contribution in [0.2, 0.25) is 0 Å². The summed E-state index contributed by atoms with van der Waals surface area (Å²) in [6, 6.07) is 37.5. The molecule has 0 radical (unpaired) electrons. The molecule has 0 saturated carbocycles. The number of anilines is 3. The van der Waals surface area contributed by atoms with Crippen LogP contribution in [0.3, 0.4) is 0 Å². The van der Waals surface area contributed by atoms with Crippen molar-refractivity contribution >= 4 is 84.9 Å². The fraction of sp³-hybridized carbons (Fsp3) is 0.0811. The molecule has 0 N–H and O–H groups in total. The molecule has 46 heavy (non-hydrogen) atoms. The Bertz CT molecular complexity index is 2160. The van der Waals surface area contributed by atoms with Crippen LogP contribution in [-0.4, -0.2) is 35.7 Å². The maximum absolute atomic E-state index is 13.8. The molecule has 2 aromatic carbocycles. The lowest BCUT2D eigenvalue weighted by molar-refractivity contribution is -0.123. The lowest BCUT2D eigenvalue weighted by atomic mass is 10.1. The van der Waals surface area contributed by atoms with E-state index in [0.29, 0.717) is 22.5 Å². The number of para-hydroxylation sites is 2. The van der Waals surface area contributed by atoms with Gasteiger partial charge in [0.15, 0.2) is 0 Å². The summed E-state index contributed by atoms with van der Waals surface area (Å²) in [7, 11) is 3.54. The Balaban J connectivity index is 1.16. The Labute approximate surface area is 283 Å². The van der Waals surface area contributed by atoms with Crippen LogP contribution in [0.4, 0.5) is 16.4 Å². The summed E-state index contributed by atoms with van der Waals surface area (Å²) in [5.41, 5.74) is 4.55. The lowest BCUT2D eigenvalue weighted by Gasteiger charge is -2.23. The summed E-state index contributed by atoms with van der Waals surface area (Å²) in [6.45, 7) is 2.10. The topological polar surface area (TPSA) is 43.9 Å². The average Bonchev–Trinajstić information content (AvgIpc) is 3.92. The van der Waals surface area contributed by atoms with Crippen LogP contribution in [0.15, 0.2) is 120 Å². The summed E-state index contributed by atoms with van der Waals surface area (Å²) in [5.74, 6) is -0.288. The van der Waals surface area contributed by atoms with Crippen molar-refractivity contribution in [2.24, 2.45) is 0 Å². The number of likely N-dealkylation sites (N-methyl/N-ethyl adjacent to an activating group) is 2. The van der Waals surface area contributed by atoms with Gasteiger partial charge in [0.2, 0.25) is 0 Å². The molecular weight excluding hydrogens is 647 g/mol. The third-order valence-corrected chi connectivity index (χ3v) is 12.8. The highest BCUT2D eigenvalue weighted by molar-refractivity contribution is 7.24. The Morgan fingerprint density at radius 3 is 1.37 bits per heavy atom. The van der Waals surface area contributed by atoms with Gasteiger partial charge in [-0.3, -0.25) is 9.59 Å². The molecule has 6 aromatic rings. The number of aryl methyl sites for hydroxylation is 1. The molecule has 0 atom stereocenters. The normalized spacial score (nSPS) is 14.7. The first kappa shape index (κ1) is 28.9. The number of hydrogen-bond acceptors (Lipinski definition) is 7. The Morgan fingerprint density at radius 2 is 0.891 bits per heavy atom. The van der Waals surface area contributed by atoms with Crippen molar-refractivity contribution in [2.75, 3.05) is 19.0 Å². The van der Waals surface area contributed by atoms with Crippen molar-refractivity contribution in [2.45, 2.75) is 6.92 Å². The summed E-state index contributed by atoms with van der Waals surface area (Å²) < 4.78 is 0. The standard InChI is InChI=1S/C37H27N3O2S4/c1-22-14-15-25(43-22)26-16-18-29(44-26)34-32-33(37(42)38(34)2)35(39(3)36(32)41)30-19-17-27(45-30)28-20-21-31(46-28)40(23-10-6-4-7-11-23)24-12-8-5-9-13-24/h4-21H,1-3H3. The molecule has 0 aliphatic carbocycles. The van der Waals surface area contributed by atoms with Crippen LogP contribution in [0.25, 0.3) is 30.9 Å². The quantitative estimate of drug-likeness (QED) is 0.169. The predicted octanol–water partition coefficient (Wildman–Crippen LogP) is 10.1. The first-order valence-electron chi connectivity index (χ1n) is 14.7. The third kappa shape index (κ3) is 4.70. The largest absolute Gasteiger partial charge is 0.309 e. The molecule has 0 saturated heterocycles. The van der Waals surface area contributed by atoms with Crippen molar-refractivity contribution in [3.63, 3.8) is 0 Å². The van der Waals surface area contributed by atoms with Crippen molar-refractivity contribution in [3.05, 3.63) is 135 Å². The molecule has 226 valence electrons. The second-order valence-corrected chi connectivity index (χ2v) is 15.6. The first-order valence-corrected chi connectivity index (χ1v) is 18.0. The Kier molecular flexibility index (Phi) is 7.14. The Morgan fingerprint density at radius 1 is 0.478 bits per heavy atom. The average molecular weight is 674 g/mol. The second kappa shape index (κ2) is 11.4. The van der Waals surface area contributed by atoms with E-state index in [1.807, 2.05) is 24.3 Å². The molecule has 2 amide bonds. The van der Waals surface area contributed by atoms with Gasteiger partial charge in [-0.05, 0) is 79.7 Å². The van der Waals surface area contributed by atoms with Crippen molar-refractivity contribution in [1.82, 2.24) is 9.80 Å². The van der Waals surface area contributed by atoms with E-state index in [2.05, 4.69) is 96.8 Å². The van der Waals surface area contributed by atoms with Gasteiger partial charge in [-0.1, -0.05) is 36.4 Å². The first-order chi connectivity index (χ1) is 22.4. The monoisotopic (exact) mass is 673 g/mol. The fourth-order valence-corrected chi connectivity index (χ4v) is 10.3. The zero-order valence-corrected chi connectivity index (χ0v) is 28.4. The molecular formula is C37H27N3O2S4. The van der Waals surface area contributed by atoms with Gasteiger partial charge in [-0.2, -0.15) is 0 Å². The van der Waals surface area contributed by atoms with Gasteiger partial charge in [0.05, 0.1) is 32.3 Å². The maximum atomic E-state index is 13.8. The highest BCUT2D eigenvalue weighted by Gasteiger charge is 2.47. The molecule has 2 aliphatic rings. The fourth-order valence-electron chi connectivity index (χ4n) is 6.00. The number of carbonyl (C=O) groups excluding carboxylic acids is 2. The minimum absolute atomic E-state index is 0.144. The van der Waals surface area contributed by atoms with E-state index in [1.165, 1.54) is 9.75 Å². The summed E-state index contributed by atoms with van der Waals surface area (Å²) in [5, 5.41) is 1.10. The summed E-state index contributed by atoms with van der Waals surface area (Å²) in [4.78, 5) is 40.8. The molecule has 5 nitrogen and oxygen atoms in total. The molecule has 0 fully saturated rings. The van der Waals surface area contributed by atoms with Crippen LogP contribution in [0.5, 0.6) is 0 Å². The van der Waals surface area contributed by atoms with Crippen molar-refractivity contribution in [1.29, 1.82) is 0 Å². The summed E-state index contributed by atoms with van der Waals surface area (Å²) >= 11 is 6.69. The second-order valence-electron chi connectivity index (χ2n) is 11.1. The van der Waals surface area contributed by atoms with E-state index in [4.69, 9.17) is 0 Å². The number of hydrogen-bond donors (Lipinski definition) is 0. The number of rotatable bonds is 7. The van der Waals surface area contributed by atoms with Gasteiger partial charge < -0.3 is 14.7 Å². The van der Waals surface area contributed by atoms with E-state index in [0.717, 1.165) is 40.8 Å². The number of amides is 2. The van der Waals surface area contributed by atoms with E-state index >= 15 is 0 Å². The van der Waals surface area contributed by atoms with Crippen molar-refractivity contribution < 1.29 is 9.59 Å². The molecule has 0 unspecified atom stereocenters. The van der Waals surface area contributed by atoms with E-state index < -0.39 is 0 Å². The maximum Gasteiger partial charge on any atom is 0.261 e. The summed E-state index contributed by atoms with van der Waals surface area (Å²) in [6.07, 6.45) is 0. The number of benzene rings is 2. The van der Waals surface area contributed by atoms with E-state index in [-0.39, 0.29) is 11.8 Å². The van der Waals surface area contributed by atoms with Gasteiger partial charge in [-0.25, -0.2) is 0 Å². The van der Waals surface area contributed by atoms with Crippen LogP contribution in [0.1, 0.15) is 14.6 Å². The lowest BCUT2D eigenvalue weighted by Crippen LogP contribution is -2.24. The van der Waals surface area contributed by atoms with Crippen LogP contribution < -0.4 is 4.90 Å². The van der Waals surface area contributed by atoms with Gasteiger partial charge in [0.1, 0.15) is 5.00 Å². The van der Waals surface area contributed by atoms with Crippen molar-refractivity contribution in [3.8, 4) is 19.5 Å². The molecule has 9 heteroatoms. The predicted molar refractivity (Wildman–Crippen MR) is 194 cm³/mol. The minimum atomic E-state index is -0.144. The van der Waals surface area contributed by atoms with Gasteiger partial charge in [-0.15, -0.1) is 45.3 Å². The van der Waals surface area contributed by atoms with Crippen LogP contribution >= 0.6 is 45.3 Å². The smallest absolute Gasteiger partial charge is 0.261 e. The molecule has 2 aliphatic heterocycles. The number of carbonyl (C=O) groups is 2. The molecule has 8 rings (SSSR count). The third-order valence-electron chi connectivity index (χ3n) is 8.18. The molecule has 0 spiro atoms. The molecule has 6 heterocycles. The molecule has 4 aromatic heterocycles. The van der Waals surface area contributed by atoms with Crippen LogP contribution in [0, 0.1) is 6.92 Å². The number of fused-ring (bicyclic) bond motifs is 1. The van der Waals surface area contributed by atoms with E-state index in [9.17, 15) is 9.59 Å². The zero-order chi connectivity index (χ0) is 31.5. The SMILES string of the molecule is Cc1ccc(-c2ccc(C3=C4C(=O)N(C)C(c5ccc(-c6ccc(N(c7ccccc7)c7ccccc7)s6)s5)=C4C(=O)N3C)s2)s1.